The zero-order valence-corrected chi connectivity index (χ0v) is 29.7. The number of allylic oxidation sites excluding steroid dienone is 4. The lowest BCUT2D eigenvalue weighted by molar-refractivity contribution is -0.137. The van der Waals surface area contributed by atoms with Crippen molar-refractivity contribution in [2.45, 2.75) is 69.8 Å². The van der Waals surface area contributed by atoms with Crippen molar-refractivity contribution in [3.63, 3.8) is 0 Å². The third-order valence-corrected chi connectivity index (χ3v) is 9.71. The van der Waals surface area contributed by atoms with Crippen LogP contribution in [0.2, 0.25) is 0 Å². The molecule has 0 radical (unpaired) electrons. The van der Waals surface area contributed by atoms with Crippen LogP contribution in [0.4, 0.5) is 18.9 Å². The molecule has 0 aromatic heterocycles. The van der Waals surface area contributed by atoms with Crippen LogP contribution >= 0.6 is 0 Å². The summed E-state index contributed by atoms with van der Waals surface area (Å²) in [5.74, 6) is 1.49. The number of amides is 1. The third-order valence-electron chi connectivity index (χ3n) is 9.71. The second-order valence-electron chi connectivity index (χ2n) is 13.2. The van der Waals surface area contributed by atoms with Crippen LogP contribution in [-0.2, 0) is 11.0 Å². The average Bonchev–Trinajstić information content (AvgIpc) is 3.16. The monoisotopic (exact) mass is 707 g/mol. The molecular formula is C40H52F3N5O3. The fourth-order valence-electron chi connectivity index (χ4n) is 6.77. The molecular weight excluding hydrogens is 655 g/mol. The number of methoxy groups -OCH3 is 1. The molecule has 1 saturated heterocycles. The van der Waals surface area contributed by atoms with Crippen LogP contribution in [0, 0.1) is 0 Å². The first-order valence-corrected chi connectivity index (χ1v) is 18.3. The number of nitrogens with one attached hydrogen (secondary N) is 1. The number of halogens is 3. The van der Waals surface area contributed by atoms with Gasteiger partial charge in [-0.15, -0.1) is 0 Å². The molecule has 2 aliphatic heterocycles. The predicted octanol–water partition coefficient (Wildman–Crippen LogP) is 7.29. The van der Waals surface area contributed by atoms with Crippen LogP contribution in [0.1, 0.15) is 56.9 Å². The highest BCUT2D eigenvalue weighted by molar-refractivity contribution is 5.78. The molecule has 3 aliphatic rings. The number of carbonyl (C=O) groups is 1. The first kappa shape index (κ1) is 38.1. The van der Waals surface area contributed by atoms with Gasteiger partial charge in [0.25, 0.3) is 0 Å². The molecule has 2 aromatic carbocycles. The standard InChI is InChI=1S/C40H52F3N5O3/c1-50-37-15-8-7-14-35(37)47-29-26-46(27-30-47)28-31-48(38-16-9-11-24-45-38)39(49)17-6-3-10-23-44-25-22-36(32-12-4-2-5-13-32)51-34-20-18-33(19-21-34)40(41,42)43/h2,4,7-9,11-12,14-15,18-21,24,36,38,44H,3,5-6,10,13,16-17,22-23,25-31H2,1H3. The summed E-state index contributed by atoms with van der Waals surface area (Å²) in [6.45, 7) is 6.70. The van der Waals surface area contributed by atoms with Gasteiger partial charge in [0.15, 0.2) is 0 Å². The van der Waals surface area contributed by atoms with E-state index in [0.717, 1.165) is 113 Å². The van der Waals surface area contributed by atoms with E-state index >= 15 is 0 Å². The molecule has 5 rings (SSSR count). The van der Waals surface area contributed by atoms with Gasteiger partial charge in [-0.3, -0.25) is 14.7 Å². The van der Waals surface area contributed by atoms with Gasteiger partial charge in [-0.25, -0.2) is 0 Å². The molecule has 276 valence electrons. The lowest BCUT2D eigenvalue weighted by Crippen LogP contribution is -2.50. The number of carbonyl (C=O) groups excluding carboxylic acids is 1. The van der Waals surface area contributed by atoms with Gasteiger partial charge >= 0.3 is 6.18 Å². The highest BCUT2D eigenvalue weighted by atomic mass is 19.4. The molecule has 1 amide bonds. The third kappa shape index (κ3) is 11.7. The van der Waals surface area contributed by atoms with E-state index in [-0.39, 0.29) is 18.2 Å². The van der Waals surface area contributed by atoms with Crippen molar-refractivity contribution < 1.29 is 27.4 Å². The number of benzene rings is 2. The number of nitrogens with zero attached hydrogens (tertiary/aromatic N) is 4. The molecule has 0 spiro atoms. The molecule has 1 N–H and O–H groups in total. The Labute approximate surface area is 300 Å². The van der Waals surface area contributed by atoms with Gasteiger partial charge in [-0.05, 0) is 86.8 Å². The van der Waals surface area contributed by atoms with E-state index in [2.05, 4.69) is 44.4 Å². The number of piperazine rings is 1. The maximum Gasteiger partial charge on any atom is 0.416 e. The molecule has 2 aromatic rings. The second-order valence-corrected chi connectivity index (χ2v) is 13.2. The SMILES string of the molecule is COc1ccccc1N1CCN(CCN(C(=O)CCCCCNCCC(Oc2ccc(C(F)(F)F)cc2)C2=CC=CCC2)C2CC=CC=N2)CC1. The smallest absolute Gasteiger partial charge is 0.416 e. The minimum absolute atomic E-state index is 0.147. The number of hydrogen-bond donors (Lipinski definition) is 1. The van der Waals surface area contributed by atoms with Crippen LogP contribution in [0.5, 0.6) is 11.5 Å². The van der Waals surface area contributed by atoms with E-state index in [1.54, 1.807) is 13.3 Å². The Balaban J connectivity index is 1.01. The Bertz CT molecular complexity index is 1500. The van der Waals surface area contributed by atoms with Crippen molar-refractivity contribution >= 4 is 17.8 Å². The molecule has 2 atom stereocenters. The van der Waals surface area contributed by atoms with E-state index in [0.29, 0.717) is 25.1 Å². The maximum atomic E-state index is 13.5. The second kappa shape index (κ2) is 19.5. The first-order valence-electron chi connectivity index (χ1n) is 18.3. The molecule has 8 nitrogen and oxygen atoms in total. The average molecular weight is 708 g/mol. The van der Waals surface area contributed by atoms with Gasteiger partial charge in [0.1, 0.15) is 23.8 Å². The van der Waals surface area contributed by atoms with Gasteiger partial charge in [-0.2, -0.15) is 13.2 Å². The minimum atomic E-state index is -4.37. The summed E-state index contributed by atoms with van der Waals surface area (Å²) >= 11 is 0. The number of ether oxygens (including phenoxy) is 2. The van der Waals surface area contributed by atoms with Gasteiger partial charge in [-0.1, -0.05) is 42.9 Å². The summed E-state index contributed by atoms with van der Waals surface area (Å²) in [4.78, 5) is 24.9. The molecule has 2 unspecified atom stereocenters. The Hall–Kier alpha value is -4.09. The number of hydrogen-bond acceptors (Lipinski definition) is 7. The number of para-hydroxylation sites is 2. The maximum absolute atomic E-state index is 13.5. The van der Waals surface area contributed by atoms with Crippen molar-refractivity contribution in [1.82, 2.24) is 15.1 Å². The minimum Gasteiger partial charge on any atom is -0.495 e. The number of dihydropyridines is 1. The summed E-state index contributed by atoms with van der Waals surface area (Å²) in [5.41, 5.74) is 1.59. The van der Waals surface area contributed by atoms with Crippen LogP contribution in [0.3, 0.4) is 0 Å². The van der Waals surface area contributed by atoms with Gasteiger partial charge in [0.05, 0.1) is 18.4 Å². The van der Waals surface area contributed by atoms with E-state index in [1.165, 1.54) is 12.1 Å². The molecule has 11 heteroatoms. The summed E-state index contributed by atoms with van der Waals surface area (Å²) in [7, 11) is 1.71. The topological polar surface area (TPSA) is 69.6 Å². The van der Waals surface area contributed by atoms with Crippen molar-refractivity contribution in [2.24, 2.45) is 4.99 Å². The van der Waals surface area contributed by atoms with Crippen LogP contribution < -0.4 is 19.7 Å². The van der Waals surface area contributed by atoms with E-state index in [1.807, 2.05) is 35.3 Å². The summed E-state index contributed by atoms with van der Waals surface area (Å²) in [6, 6.07) is 13.1. The van der Waals surface area contributed by atoms with E-state index in [4.69, 9.17) is 9.47 Å². The van der Waals surface area contributed by atoms with Gasteiger partial charge < -0.3 is 24.6 Å². The summed E-state index contributed by atoms with van der Waals surface area (Å²) in [5, 5.41) is 3.50. The normalized spacial score (nSPS) is 18.4. The summed E-state index contributed by atoms with van der Waals surface area (Å²) in [6.07, 6.45) is 13.7. The number of unbranched alkanes of at least 4 members (excludes halogenated alkanes) is 2. The van der Waals surface area contributed by atoms with Crippen molar-refractivity contribution in [3.8, 4) is 11.5 Å². The molecule has 0 saturated carbocycles. The lowest BCUT2D eigenvalue weighted by Gasteiger charge is -2.38. The molecule has 0 bridgehead atoms. The fraction of sp³-hybridized carbons (Fsp3) is 0.500. The van der Waals surface area contributed by atoms with Crippen molar-refractivity contribution in [1.29, 1.82) is 0 Å². The van der Waals surface area contributed by atoms with Gasteiger partial charge in [0.2, 0.25) is 5.91 Å². The lowest BCUT2D eigenvalue weighted by atomic mass is 9.97. The zero-order valence-electron chi connectivity index (χ0n) is 29.7. The Morgan fingerprint density at radius 3 is 2.51 bits per heavy atom. The number of aliphatic imine (C=N–C) groups is 1. The predicted molar refractivity (Wildman–Crippen MR) is 198 cm³/mol. The van der Waals surface area contributed by atoms with Crippen LogP contribution in [0.25, 0.3) is 0 Å². The molecule has 1 fully saturated rings. The van der Waals surface area contributed by atoms with Crippen LogP contribution in [-0.4, -0.2) is 93.7 Å². The zero-order chi connectivity index (χ0) is 35.9. The number of rotatable bonds is 18. The molecule has 51 heavy (non-hydrogen) atoms. The van der Waals surface area contributed by atoms with Crippen molar-refractivity contribution in [2.75, 3.05) is 64.4 Å². The summed E-state index contributed by atoms with van der Waals surface area (Å²) < 4.78 is 50.8. The largest absolute Gasteiger partial charge is 0.495 e. The van der Waals surface area contributed by atoms with Gasteiger partial charge in [0, 0.05) is 64.7 Å². The van der Waals surface area contributed by atoms with E-state index < -0.39 is 11.7 Å². The van der Waals surface area contributed by atoms with Crippen molar-refractivity contribution in [3.05, 3.63) is 90.0 Å². The fourth-order valence-corrected chi connectivity index (χ4v) is 6.77. The Kier molecular flexibility index (Phi) is 14.6. The highest BCUT2D eigenvalue weighted by Crippen LogP contribution is 2.32. The molecule has 2 heterocycles. The quantitative estimate of drug-likeness (QED) is 0.164. The Morgan fingerprint density at radius 1 is 1.00 bits per heavy atom. The number of alkyl halides is 3. The van der Waals surface area contributed by atoms with E-state index in [9.17, 15) is 18.0 Å². The van der Waals surface area contributed by atoms with Crippen LogP contribution in [0.15, 0.2) is 89.5 Å². The highest BCUT2D eigenvalue weighted by Gasteiger charge is 2.30. The Morgan fingerprint density at radius 2 is 1.80 bits per heavy atom. The first-order chi connectivity index (χ1) is 24.8. The number of anilines is 1. The molecule has 1 aliphatic carbocycles.